The number of nitrogens with one attached hydrogen (secondary N) is 1. The number of sulfonamides is 1. The van der Waals surface area contributed by atoms with E-state index in [2.05, 4.69) is 5.32 Å². The maximum Gasteiger partial charge on any atom is 0.321 e. The Morgan fingerprint density at radius 2 is 1.71 bits per heavy atom. The summed E-state index contributed by atoms with van der Waals surface area (Å²) < 4.78 is 27.0. The first-order valence-corrected chi connectivity index (χ1v) is 8.99. The van der Waals surface area contributed by atoms with Crippen molar-refractivity contribution in [2.24, 2.45) is 0 Å². The van der Waals surface area contributed by atoms with E-state index in [1.54, 1.807) is 26.0 Å². The Balaban J connectivity index is 3.34. The predicted molar refractivity (Wildman–Crippen MR) is 90.3 cm³/mol. The fourth-order valence-corrected chi connectivity index (χ4v) is 4.68. The predicted octanol–water partition coefficient (Wildman–Crippen LogP) is 1.21. The number of nitrogens with zero attached hydrogens (tertiary/aromatic N) is 1. The maximum absolute atomic E-state index is 13.1. The molecule has 8 heteroatoms. The van der Waals surface area contributed by atoms with E-state index in [-0.39, 0.29) is 23.9 Å². The van der Waals surface area contributed by atoms with E-state index >= 15 is 0 Å². The van der Waals surface area contributed by atoms with Crippen molar-refractivity contribution in [1.82, 2.24) is 9.62 Å². The number of carboxylic acid groups (broad SMARTS) is 1. The zero-order chi connectivity index (χ0) is 18.7. The van der Waals surface area contributed by atoms with Crippen LogP contribution in [-0.4, -0.2) is 48.8 Å². The van der Waals surface area contributed by atoms with Gasteiger partial charge in [0, 0.05) is 20.0 Å². The van der Waals surface area contributed by atoms with Gasteiger partial charge in [0.05, 0.1) is 4.90 Å². The lowest BCUT2D eigenvalue weighted by Crippen LogP contribution is -2.47. The molecule has 2 N–H and O–H groups in total. The molecule has 1 aromatic carbocycles. The van der Waals surface area contributed by atoms with Gasteiger partial charge in [-0.1, -0.05) is 17.7 Å². The molecule has 1 rings (SSSR count). The second-order valence-corrected chi connectivity index (χ2v) is 7.67. The Hall–Kier alpha value is -1.93. The van der Waals surface area contributed by atoms with Gasteiger partial charge in [0.15, 0.2) is 0 Å². The summed E-state index contributed by atoms with van der Waals surface area (Å²) >= 11 is 0. The molecule has 1 atom stereocenters. The molecule has 0 aromatic heterocycles. The maximum atomic E-state index is 13.1. The molecule has 0 saturated heterocycles. The first kappa shape index (κ1) is 20.1. The van der Waals surface area contributed by atoms with E-state index in [0.717, 1.165) is 9.87 Å². The van der Waals surface area contributed by atoms with Crippen LogP contribution >= 0.6 is 0 Å². The Morgan fingerprint density at radius 3 is 2.12 bits per heavy atom. The molecule has 1 amide bonds. The van der Waals surface area contributed by atoms with E-state index < -0.39 is 22.0 Å². The van der Waals surface area contributed by atoms with Crippen molar-refractivity contribution in [2.75, 3.05) is 13.1 Å². The summed E-state index contributed by atoms with van der Waals surface area (Å²) in [6, 6.07) is 2.25. The normalized spacial score (nSPS) is 12.9. The van der Waals surface area contributed by atoms with E-state index in [1.807, 2.05) is 6.92 Å². The van der Waals surface area contributed by atoms with Crippen molar-refractivity contribution < 1.29 is 23.1 Å². The molecule has 0 aliphatic carbocycles. The topological polar surface area (TPSA) is 104 Å². The highest BCUT2D eigenvalue weighted by Gasteiger charge is 2.34. The van der Waals surface area contributed by atoms with Crippen LogP contribution in [0.1, 0.15) is 30.5 Å². The fourth-order valence-electron chi connectivity index (χ4n) is 2.68. The molecule has 7 nitrogen and oxygen atoms in total. The third kappa shape index (κ3) is 4.55. The average Bonchev–Trinajstić information content (AvgIpc) is 2.40. The molecular formula is C16H24N2O5S. The van der Waals surface area contributed by atoms with Crippen LogP contribution in [-0.2, 0) is 19.6 Å². The van der Waals surface area contributed by atoms with Gasteiger partial charge in [-0.05, 0) is 38.8 Å². The Bertz CT molecular complexity index is 720. The third-order valence-electron chi connectivity index (χ3n) is 3.67. The minimum atomic E-state index is -4.02. The van der Waals surface area contributed by atoms with Gasteiger partial charge in [0.25, 0.3) is 0 Å². The van der Waals surface area contributed by atoms with Crippen LogP contribution < -0.4 is 5.32 Å². The van der Waals surface area contributed by atoms with Gasteiger partial charge in [-0.15, -0.1) is 0 Å². The number of benzene rings is 1. The molecule has 134 valence electrons. The van der Waals surface area contributed by atoms with Crippen LogP contribution in [0.15, 0.2) is 17.0 Å². The van der Waals surface area contributed by atoms with Gasteiger partial charge < -0.3 is 10.4 Å². The summed E-state index contributed by atoms with van der Waals surface area (Å²) in [6.45, 7) is 7.78. The molecule has 0 aliphatic heterocycles. The number of hydrogen-bond donors (Lipinski definition) is 2. The SMILES string of the molecule is CC(=O)NCCN(C(C)C(=O)O)S(=O)(=O)c1c(C)cc(C)cc1C. The quantitative estimate of drug-likeness (QED) is 0.764. The van der Waals surface area contributed by atoms with Gasteiger partial charge in [-0.2, -0.15) is 4.31 Å². The van der Waals surface area contributed by atoms with Crippen LogP contribution in [0.2, 0.25) is 0 Å². The molecule has 0 aliphatic rings. The number of aryl methyl sites for hydroxylation is 3. The van der Waals surface area contributed by atoms with Crippen molar-refractivity contribution in [1.29, 1.82) is 0 Å². The zero-order valence-electron chi connectivity index (χ0n) is 14.6. The summed E-state index contributed by atoms with van der Waals surface area (Å²) in [6.07, 6.45) is 0. The monoisotopic (exact) mass is 356 g/mol. The van der Waals surface area contributed by atoms with Crippen molar-refractivity contribution in [3.8, 4) is 0 Å². The van der Waals surface area contributed by atoms with E-state index in [1.165, 1.54) is 13.8 Å². The summed E-state index contributed by atoms with van der Waals surface area (Å²) in [5.41, 5.74) is 2.06. The number of carbonyl (C=O) groups excluding carboxylic acids is 1. The molecule has 0 radical (unpaired) electrons. The van der Waals surface area contributed by atoms with Crippen LogP contribution in [0.3, 0.4) is 0 Å². The van der Waals surface area contributed by atoms with Crippen LogP contribution in [0.4, 0.5) is 0 Å². The first-order chi connectivity index (χ1) is 11.0. The molecule has 0 heterocycles. The number of hydrogen-bond acceptors (Lipinski definition) is 4. The fraction of sp³-hybridized carbons (Fsp3) is 0.500. The highest BCUT2D eigenvalue weighted by Crippen LogP contribution is 2.26. The van der Waals surface area contributed by atoms with Gasteiger partial charge in [-0.25, -0.2) is 8.42 Å². The lowest BCUT2D eigenvalue weighted by Gasteiger charge is -2.27. The minimum absolute atomic E-state index is 0.0378. The Kier molecular flexibility index (Phi) is 6.50. The lowest BCUT2D eigenvalue weighted by atomic mass is 10.1. The smallest absolute Gasteiger partial charge is 0.321 e. The van der Waals surface area contributed by atoms with Crippen LogP contribution in [0, 0.1) is 20.8 Å². The number of carboxylic acids is 1. The number of carbonyl (C=O) groups is 2. The van der Waals surface area contributed by atoms with Crippen LogP contribution in [0.25, 0.3) is 0 Å². The molecular weight excluding hydrogens is 332 g/mol. The first-order valence-electron chi connectivity index (χ1n) is 7.55. The van der Waals surface area contributed by atoms with Crippen molar-refractivity contribution in [3.05, 3.63) is 28.8 Å². The Morgan fingerprint density at radius 1 is 1.21 bits per heavy atom. The molecule has 1 aromatic rings. The lowest BCUT2D eigenvalue weighted by molar-refractivity contribution is -0.140. The average molecular weight is 356 g/mol. The summed E-state index contributed by atoms with van der Waals surface area (Å²) in [7, 11) is -4.02. The van der Waals surface area contributed by atoms with Crippen molar-refractivity contribution in [3.63, 3.8) is 0 Å². The standard InChI is InChI=1S/C16H24N2O5S/c1-10-8-11(2)15(12(3)9-10)24(22,23)18(13(4)16(20)21)7-6-17-14(5)19/h8-9,13H,6-7H2,1-5H3,(H,17,19)(H,20,21). The van der Waals surface area contributed by atoms with Crippen molar-refractivity contribution in [2.45, 2.75) is 45.6 Å². The molecule has 0 saturated carbocycles. The van der Waals surface area contributed by atoms with Gasteiger partial charge in [-0.3, -0.25) is 9.59 Å². The minimum Gasteiger partial charge on any atom is -0.480 e. The molecule has 0 spiro atoms. The highest BCUT2D eigenvalue weighted by molar-refractivity contribution is 7.89. The number of aliphatic carboxylic acids is 1. The summed E-state index contributed by atoms with van der Waals surface area (Å²) in [4.78, 5) is 22.5. The van der Waals surface area contributed by atoms with E-state index in [9.17, 15) is 23.1 Å². The largest absolute Gasteiger partial charge is 0.480 e. The van der Waals surface area contributed by atoms with Gasteiger partial charge in [0.2, 0.25) is 15.9 Å². The van der Waals surface area contributed by atoms with Gasteiger partial charge in [0.1, 0.15) is 6.04 Å². The number of rotatable bonds is 7. The molecule has 0 fully saturated rings. The molecule has 1 unspecified atom stereocenters. The molecule has 0 bridgehead atoms. The zero-order valence-corrected chi connectivity index (χ0v) is 15.4. The summed E-state index contributed by atoms with van der Waals surface area (Å²) in [5, 5.41) is 11.8. The number of amides is 1. The van der Waals surface area contributed by atoms with Crippen LogP contribution in [0.5, 0.6) is 0 Å². The van der Waals surface area contributed by atoms with Crippen molar-refractivity contribution >= 4 is 21.9 Å². The summed E-state index contributed by atoms with van der Waals surface area (Å²) in [5.74, 6) is -1.55. The van der Waals surface area contributed by atoms with Gasteiger partial charge >= 0.3 is 5.97 Å². The second kappa shape index (κ2) is 7.76. The van der Waals surface area contributed by atoms with E-state index in [0.29, 0.717) is 11.1 Å². The highest BCUT2D eigenvalue weighted by atomic mass is 32.2. The van der Waals surface area contributed by atoms with E-state index in [4.69, 9.17) is 0 Å². The molecule has 24 heavy (non-hydrogen) atoms. The third-order valence-corrected chi connectivity index (χ3v) is 5.94. The Labute approximate surface area is 142 Å². The second-order valence-electron chi connectivity index (χ2n) is 5.84.